The molecule has 0 radical (unpaired) electrons. The Morgan fingerprint density at radius 2 is 1.85 bits per heavy atom. The van der Waals surface area contributed by atoms with Gasteiger partial charge in [-0.1, -0.05) is 18.2 Å². The Balaban J connectivity index is 1.38. The number of carbonyl (C=O) groups is 4. The van der Waals surface area contributed by atoms with E-state index in [0.29, 0.717) is 6.54 Å². The number of thioether (sulfide) groups is 1. The first-order valence-corrected chi connectivity index (χ1v) is 11.8. The molecule has 0 aliphatic carbocycles. The van der Waals surface area contributed by atoms with Crippen molar-refractivity contribution in [3.05, 3.63) is 65.5 Å². The van der Waals surface area contributed by atoms with Crippen molar-refractivity contribution >= 4 is 41.1 Å². The van der Waals surface area contributed by atoms with E-state index in [2.05, 4.69) is 21.3 Å². The first-order valence-electron chi connectivity index (χ1n) is 10.7. The fraction of sp³-hybridized carbons (Fsp3) is 0.304. The maximum Gasteiger partial charge on any atom is 0.252 e. The molecule has 9 nitrogen and oxygen atoms in total. The third-order valence-electron chi connectivity index (χ3n) is 5.53. The maximum atomic E-state index is 13.1. The van der Waals surface area contributed by atoms with E-state index in [4.69, 9.17) is 0 Å². The van der Waals surface area contributed by atoms with E-state index in [1.165, 1.54) is 30.8 Å². The number of nitrogens with zero attached hydrogens (tertiary/aromatic N) is 1. The van der Waals surface area contributed by atoms with Crippen LogP contribution in [0.5, 0.6) is 0 Å². The predicted molar refractivity (Wildman–Crippen MR) is 125 cm³/mol. The van der Waals surface area contributed by atoms with Crippen LogP contribution in [0.4, 0.5) is 10.1 Å². The number of amides is 4. The molecule has 2 aliphatic heterocycles. The van der Waals surface area contributed by atoms with Gasteiger partial charge in [0.1, 0.15) is 23.5 Å². The van der Waals surface area contributed by atoms with Gasteiger partial charge >= 0.3 is 0 Å². The molecule has 0 aromatic heterocycles. The first-order chi connectivity index (χ1) is 16.3. The van der Waals surface area contributed by atoms with Gasteiger partial charge in [-0.05, 0) is 42.3 Å². The van der Waals surface area contributed by atoms with Crippen molar-refractivity contribution < 1.29 is 23.6 Å². The Kier molecular flexibility index (Phi) is 7.13. The number of halogens is 1. The molecule has 1 saturated heterocycles. The molecule has 1 fully saturated rings. The molecule has 178 valence electrons. The van der Waals surface area contributed by atoms with Crippen LogP contribution in [0.15, 0.2) is 48.5 Å². The number of hydrogen-bond acceptors (Lipinski definition) is 6. The maximum absolute atomic E-state index is 13.1. The Hall–Kier alpha value is -3.44. The average molecular weight is 486 g/mol. The summed E-state index contributed by atoms with van der Waals surface area (Å²) < 4.78 is 13.1. The van der Waals surface area contributed by atoms with Crippen LogP contribution >= 0.6 is 11.8 Å². The molecule has 4 amide bonds. The number of benzene rings is 2. The molecule has 0 spiro atoms. The van der Waals surface area contributed by atoms with Gasteiger partial charge in [0, 0.05) is 24.7 Å². The first kappa shape index (κ1) is 23.7. The number of fused-ring (bicyclic) bond motifs is 1. The van der Waals surface area contributed by atoms with Gasteiger partial charge in [0.25, 0.3) is 5.91 Å². The highest BCUT2D eigenvalue weighted by atomic mass is 32.2. The molecule has 0 bridgehead atoms. The lowest BCUT2D eigenvalue weighted by Gasteiger charge is -2.37. The van der Waals surface area contributed by atoms with Gasteiger partial charge in [0.2, 0.25) is 17.7 Å². The molecular formula is C23H24FN5O4S. The molecule has 2 aromatic rings. The van der Waals surface area contributed by atoms with Gasteiger partial charge in [-0.25, -0.2) is 4.39 Å². The zero-order valence-electron chi connectivity index (χ0n) is 18.3. The summed E-state index contributed by atoms with van der Waals surface area (Å²) in [6.45, 7) is 1.90. The molecule has 2 aromatic carbocycles. The lowest BCUT2D eigenvalue weighted by Crippen LogP contribution is -2.72. The lowest BCUT2D eigenvalue weighted by molar-refractivity contribution is -0.127. The summed E-state index contributed by atoms with van der Waals surface area (Å²) in [6, 6.07) is 11.5. The lowest BCUT2D eigenvalue weighted by atomic mass is 10.1. The highest BCUT2D eigenvalue weighted by Crippen LogP contribution is 2.28. The summed E-state index contributed by atoms with van der Waals surface area (Å²) in [4.78, 5) is 51.6. The van der Waals surface area contributed by atoms with Gasteiger partial charge in [0.15, 0.2) is 0 Å². The fourth-order valence-electron chi connectivity index (χ4n) is 3.91. The molecule has 34 heavy (non-hydrogen) atoms. The van der Waals surface area contributed by atoms with Gasteiger partial charge in [0.05, 0.1) is 5.75 Å². The Morgan fingerprint density at radius 1 is 1.12 bits per heavy atom. The van der Waals surface area contributed by atoms with Crippen LogP contribution in [0.25, 0.3) is 0 Å². The minimum Gasteiger partial charge on any atom is -0.338 e. The second kappa shape index (κ2) is 10.2. The van der Waals surface area contributed by atoms with Crippen LogP contribution in [-0.2, 0) is 20.8 Å². The van der Waals surface area contributed by atoms with E-state index in [1.807, 2.05) is 24.3 Å². The smallest absolute Gasteiger partial charge is 0.252 e. The summed E-state index contributed by atoms with van der Waals surface area (Å²) in [6.07, 6.45) is -0.110. The van der Waals surface area contributed by atoms with Crippen molar-refractivity contribution in [1.29, 1.82) is 0 Å². The molecule has 3 atom stereocenters. The number of nitrogens with one attached hydrogen (secondary N) is 4. The third-order valence-corrected chi connectivity index (χ3v) is 6.53. The number of rotatable bonds is 6. The largest absolute Gasteiger partial charge is 0.338 e. The molecule has 0 saturated carbocycles. The summed E-state index contributed by atoms with van der Waals surface area (Å²) in [7, 11) is 0. The van der Waals surface area contributed by atoms with E-state index >= 15 is 0 Å². The predicted octanol–water partition coefficient (Wildman–Crippen LogP) is 0.712. The Bertz CT molecular complexity index is 1110. The van der Waals surface area contributed by atoms with Crippen LogP contribution in [0, 0.1) is 5.82 Å². The van der Waals surface area contributed by atoms with Crippen molar-refractivity contribution in [2.75, 3.05) is 17.2 Å². The standard InChI is InChI=1S/C23H24FN5O4S/c1-13(30)25-20-19(26-21(32)15-6-8-16(24)9-7-15)22(33)28-23(27-20)34-12-18(31)29-11-10-14-4-2-3-5-17(14)29/h2-9,19-20,23,27H,10-12H2,1H3,(H,25,30)(H,26,32)(H,28,33). The van der Waals surface area contributed by atoms with Crippen LogP contribution in [0.2, 0.25) is 0 Å². The molecule has 2 heterocycles. The van der Waals surface area contributed by atoms with Gasteiger partial charge in [-0.2, -0.15) is 0 Å². The van der Waals surface area contributed by atoms with E-state index < -0.39 is 41.2 Å². The highest BCUT2D eigenvalue weighted by Gasteiger charge is 2.38. The zero-order valence-corrected chi connectivity index (χ0v) is 19.2. The van der Waals surface area contributed by atoms with Crippen molar-refractivity contribution in [3.63, 3.8) is 0 Å². The number of hydrogen-bond donors (Lipinski definition) is 4. The number of para-hydroxylation sites is 1. The summed E-state index contributed by atoms with van der Waals surface area (Å²) in [5.74, 6) is -1.99. The third kappa shape index (κ3) is 5.37. The minimum atomic E-state index is -1.11. The summed E-state index contributed by atoms with van der Waals surface area (Å²) >= 11 is 1.18. The zero-order chi connectivity index (χ0) is 24.2. The number of carbonyl (C=O) groups excluding carboxylic acids is 4. The van der Waals surface area contributed by atoms with Crippen LogP contribution in [0.3, 0.4) is 0 Å². The Morgan fingerprint density at radius 3 is 2.59 bits per heavy atom. The second-order valence-electron chi connectivity index (χ2n) is 7.93. The molecular weight excluding hydrogens is 461 g/mol. The summed E-state index contributed by atoms with van der Waals surface area (Å²) in [5.41, 5.74) is 1.53. The number of anilines is 1. The Labute approximate surface area is 199 Å². The molecule has 2 aliphatic rings. The van der Waals surface area contributed by atoms with E-state index in [0.717, 1.165) is 29.8 Å². The van der Waals surface area contributed by atoms with Crippen molar-refractivity contribution in [2.45, 2.75) is 31.0 Å². The topological polar surface area (TPSA) is 120 Å². The van der Waals surface area contributed by atoms with Gasteiger partial charge in [-0.3, -0.25) is 24.5 Å². The highest BCUT2D eigenvalue weighted by molar-refractivity contribution is 8.00. The van der Waals surface area contributed by atoms with Crippen molar-refractivity contribution in [1.82, 2.24) is 21.3 Å². The normalized spacial score (nSPS) is 21.4. The summed E-state index contributed by atoms with van der Waals surface area (Å²) in [5, 5.41) is 11.0. The average Bonchev–Trinajstić information content (AvgIpc) is 3.24. The monoisotopic (exact) mass is 485 g/mol. The van der Waals surface area contributed by atoms with E-state index in [-0.39, 0.29) is 17.2 Å². The SMILES string of the molecule is CC(=O)NC1NC(SCC(=O)N2CCc3ccccc32)NC(=O)C1NC(=O)c1ccc(F)cc1. The van der Waals surface area contributed by atoms with Gasteiger partial charge in [-0.15, -0.1) is 11.8 Å². The molecule has 3 unspecified atom stereocenters. The van der Waals surface area contributed by atoms with E-state index in [9.17, 15) is 23.6 Å². The molecule has 4 rings (SSSR count). The molecule has 11 heteroatoms. The van der Waals surface area contributed by atoms with Crippen LogP contribution in [-0.4, -0.2) is 53.6 Å². The minimum absolute atomic E-state index is 0.0891. The van der Waals surface area contributed by atoms with E-state index in [1.54, 1.807) is 4.90 Å². The van der Waals surface area contributed by atoms with Crippen LogP contribution < -0.4 is 26.2 Å². The second-order valence-corrected chi connectivity index (χ2v) is 9.02. The fourth-order valence-corrected chi connectivity index (χ4v) is 4.82. The van der Waals surface area contributed by atoms with Crippen molar-refractivity contribution in [2.24, 2.45) is 0 Å². The van der Waals surface area contributed by atoms with Gasteiger partial charge < -0.3 is 20.9 Å². The molecule has 4 N–H and O–H groups in total. The van der Waals surface area contributed by atoms with Crippen molar-refractivity contribution in [3.8, 4) is 0 Å². The van der Waals surface area contributed by atoms with Crippen LogP contribution in [0.1, 0.15) is 22.8 Å². The quantitative estimate of drug-likeness (QED) is 0.479.